The van der Waals surface area contributed by atoms with Crippen molar-refractivity contribution in [2.75, 3.05) is 11.5 Å². The SMILES string of the molecule is Cl.Cl.Nc1cc(/[As]=[As]/c2ccc(O)c(N)c2)ccc1O.[NaH]. The average molecular weight is 463 g/mol. The van der Waals surface area contributed by atoms with E-state index >= 15 is 0 Å². The molecule has 2 aromatic carbocycles. The zero-order valence-electron chi connectivity index (χ0n) is 10.2. The van der Waals surface area contributed by atoms with Crippen LogP contribution in [0.2, 0.25) is 0 Å². The number of phenols is 2. The first kappa shape index (κ1) is 23.6. The summed E-state index contributed by atoms with van der Waals surface area (Å²) in [5.41, 5.74) is 12.2. The predicted octanol–water partition coefficient (Wildman–Crippen LogP) is -0.269. The molecular formula is C12H15As2Cl2N2NaO2. The van der Waals surface area contributed by atoms with E-state index in [2.05, 4.69) is 0 Å². The average Bonchev–Trinajstić information content (AvgIpc) is 2.35. The van der Waals surface area contributed by atoms with E-state index in [0.29, 0.717) is 11.4 Å². The summed E-state index contributed by atoms with van der Waals surface area (Å²) in [5.74, 6) is 0.259. The Hall–Kier alpha value is 0.337. The monoisotopic (exact) mass is 462 g/mol. The number of aromatic hydroxyl groups is 2. The fraction of sp³-hybridized carbons (Fsp3) is 0. The minimum atomic E-state index is 0. The van der Waals surface area contributed by atoms with Crippen molar-refractivity contribution in [2.45, 2.75) is 0 Å². The first-order valence-corrected chi connectivity index (χ1v) is 12.2. The third-order valence-electron chi connectivity index (χ3n) is 2.30. The standard InChI is InChI=1S/C12H12As2N2O2.2ClH.Na.H/c15-9-5-7(1-3-11(9)17)13-14-8-2-4-12(18)10(16)6-8;;;;/h1-6,17-18H,15-16H2;2*1H;;. The van der Waals surface area contributed by atoms with E-state index in [1.54, 1.807) is 12.1 Å². The maximum absolute atomic E-state index is 9.34. The van der Waals surface area contributed by atoms with Gasteiger partial charge >= 0.3 is 145 Å². The summed E-state index contributed by atoms with van der Waals surface area (Å²) < 4.78 is 2.38. The molecule has 0 heterocycles. The van der Waals surface area contributed by atoms with E-state index in [1.165, 1.54) is 8.70 Å². The molecule has 0 saturated carbocycles. The van der Waals surface area contributed by atoms with Crippen molar-refractivity contribution in [3.63, 3.8) is 0 Å². The van der Waals surface area contributed by atoms with Crippen molar-refractivity contribution in [1.82, 2.24) is 0 Å². The van der Waals surface area contributed by atoms with E-state index in [4.69, 9.17) is 11.5 Å². The van der Waals surface area contributed by atoms with Gasteiger partial charge in [0.05, 0.1) is 0 Å². The van der Waals surface area contributed by atoms with E-state index in [1.807, 2.05) is 24.3 Å². The van der Waals surface area contributed by atoms with Crippen LogP contribution in [0.15, 0.2) is 36.4 Å². The Bertz CT molecular complexity index is 577. The quantitative estimate of drug-likeness (QED) is 0.281. The van der Waals surface area contributed by atoms with Crippen molar-refractivity contribution in [3.05, 3.63) is 36.4 Å². The number of anilines is 2. The molecule has 6 N–H and O–H groups in total. The molecule has 0 aliphatic carbocycles. The molecule has 2 aromatic rings. The number of hydrogen-bond acceptors (Lipinski definition) is 4. The number of phenolic OH excluding ortho intramolecular Hbond substituents is 2. The molecule has 0 atom stereocenters. The molecule has 4 nitrogen and oxygen atoms in total. The summed E-state index contributed by atoms with van der Waals surface area (Å²) in [6.07, 6.45) is 0. The van der Waals surface area contributed by atoms with Gasteiger partial charge in [-0.05, 0) is 0 Å². The van der Waals surface area contributed by atoms with Gasteiger partial charge in [0, 0.05) is 0 Å². The summed E-state index contributed by atoms with van der Waals surface area (Å²) in [5, 5.41) is 18.7. The van der Waals surface area contributed by atoms with Crippen LogP contribution >= 0.6 is 24.8 Å². The second kappa shape index (κ2) is 11.0. The molecular weight excluding hydrogens is 448 g/mol. The first-order valence-electron chi connectivity index (χ1n) is 5.15. The Morgan fingerprint density at radius 3 is 1.33 bits per heavy atom. The fourth-order valence-corrected chi connectivity index (χ4v) is 8.46. The molecule has 21 heavy (non-hydrogen) atoms. The fourth-order valence-electron chi connectivity index (χ4n) is 1.32. The van der Waals surface area contributed by atoms with Gasteiger partial charge in [0.15, 0.2) is 0 Å². The van der Waals surface area contributed by atoms with E-state index in [-0.39, 0.29) is 92.1 Å². The molecule has 0 fully saturated rings. The molecule has 0 spiro atoms. The summed E-state index contributed by atoms with van der Waals surface area (Å²) in [6, 6.07) is 10.7. The topological polar surface area (TPSA) is 92.5 Å². The number of nitrogens with two attached hydrogens (primary N) is 2. The van der Waals surface area contributed by atoms with Gasteiger partial charge in [-0.3, -0.25) is 0 Å². The molecule has 0 bridgehead atoms. The van der Waals surface area contributed by atoms with Gasteiger partial charge in [-0.2, -0.15) is 0 Å². The third kappa shape index (κ3) is 6.96. The Balaban J connectivity index is 0. The molecule has 110 valence electrons. The summed E-state index contributed by atoms with van der Waals surface area (Å²) in [6.45, 7) is 0. The zero-order valence-corrected chi connectivity index (χ0v) is 15.6. The van der Waals surface area contributed by atoms with E-state index in [0.717, 1.165) is 0 Å². The molecule has 0 saturated heterocycles. The predicted molar refractivity (Wildman–Crippen MR) is 97.5 cm³/mol. The number of benzene rings is 2. The second-order valence-corrected chi connectivity index (χ2v) is 11.1. The van der Waals surface area contributed by atoms with Crippen molar-refractivity contribution in [2.24, 2.45) is 0 Å². The van der Waals surface area contributed by atoms with Gasteiger partial charge in [-0.25, -0.2) is 0 Å². The van der Waals surface area contributed by atoms with Crippen LogP contribution in [0.5, 0.6) is 11.5 Å². The molecule has 0 unspecified atom stereocenters. The molecule has 0 aliphatic rings. The van der Waals surface area contributed by atoms with Crippen LogP contribution in [-0.2, 0) is 0 Å². The Kier molecular flexibility index (Phi) is 12.3. The van der Waals surface area contributed by atoms with Crippen molar-refractivity contribution < 1.29 is 10.2 Å². The van der Waals surface area contributed by atoms with Crippen LogP contribution in [0.25, 0.3) is 0 Å². The zero-order chi connectivity index (χ0) is 13.1. The normalized spacial score (nSPS) is 9.33. The number of hydrogen-bond donors (Lipinski definition) is 4. The molecule has 2 rings (SSSR count). The molecule has 0 amide bonds. The van der Waals surface area contributed by atoms with Gasteiger partial charge in [0.1, 0.15) is 0 Å². The van der Waals surface area contributed by atoms with Gasteiger partial charge in [0.25, 0.3) is 0 Å². The Morgan fingerprint density at radius 1 is 0.714 bits per heavy atom. The second-order valence-electron chi connectivity index (χ2n) is 3.69. The van der Waals surface area contributed by atoms with Crippen molar-refractivity contribution in [1.29, 1.82) is 0 Å². The number of nitrogen functional groups attached to an aromatic ring is 2. The summed E-state index contributed by atoms with van der Waals surface area (Å²) in [7, 11) is 0. The molecule has 0 aromatic heterocycles. The van der Waals surface area contributed by atoms with Crippen molar-refractivity contribution >= 4 is 101 Å². The summed E-state index contributed by atoms with van der Waals surface area (Å²) >= 11 is 0.0278. The van der Waals surface area contributed by atoms with Crippen LogP contribution < -0.4 is 20.2 Å². The van der Waals surface area contributed by atoms with Gasteiger partial charge in [0.2, 0.25) is 0 Å². The molecule has 0 radical (unpaired) electrons. The van der Waals surface area contributed by atoms with Crippen molar-refractivity contribution in [3.8, 4) is 11.5 Å². The maximum atomic E-state index is 9.34. The van der Waals surface area contributed by atoms with Gasteiger partial charge in [-0.15, -0.1) is 24.8 Å². The summed E-state index contributed by atoms with van der Waals surface area (Å²) in [4.78, 5) is 0. The minimum absolute atomic E-state index is 0. The van der Waals surface area contributed by atoms with Gasteiger partial charge < -0.3 is 0 Å². The van der Waals surface area contributed by atoms with E-state index < -0.39 is 0 Å². The number of rotatable bonds is 2. The Labute approximate surface area is 168 Å². The van der Waals surface area contributed by atoms with Crippen LogP contribution in [-0.4, -0.2) is 66.0 Å². The third-order valence-corrected chi connectivity index (χ3v) is 10.8. The first-order chi connectivity index (χ1) is 8.56. The van der Waals surface area contributed by atoms with Crippen LogP contribution in [0.4, 0.5) is 11.4 Å². The Morgan fingerprint density at radius 2 is 1.05 bits per heavy atom. The van der Waals surface area contributed by atoms with Crippen LogP contribution in [0.1, 0.15) is 0 Å². The molecule has 0 aliphatic heterocycles. The molecule has 9 heteroatoms. The number of halogens is 2. The van der Waals surface area contributed by atoms with Crippen LogP contribution in [0, 0.1) is 0 Å². The van der Waals surface area contributed by atoms with Gasteiger partial charge in [-0.1, -0.05) is 0 Å². The van der Waals surface area contributed by atoms with Crippen LogP contribution in [0.3, 0.4) is 0 Å². The van der Waals surface area contributed by atoms with E-state index in [9.17, 15) is 10.2 Å².